The summed E-state index contributed by atoms with van der Waals surface area (Å²) in [6, 6.07) is 0. The van der Waals surface area contributed by atoms with Gasteiger partial charge >= 0.3 is 0 Å². The Bertz CT molecular complexity index is 491. The van der Waals surface area contributed by atoms with Crippen LogP contribution in [0, 0.1) is 30.9 Å². The van der Waals surface area contributed by atoms with Gasteiger partial charge in [0.1, 0.15) is 0 Å². The molecular weight excluding hydrogens is 216 g/mol. The Labute approximate surface area is 101 Å². The van der Waals surface area contributed by atoms with Crippen LogP contribution in [0.4, 0.5) is 11.4 Å². The lowest BCUT2D eigenvalue weighted by molar-refractivity contribution is -0.385. The molecule has 0 saturated carbocycles. The monoisotopic (exact) mass is 234 g/mol. The minimum absolute atomic E-state index is 0.206. The first-order chi connectivity index (χ1) is 7.95. The fourth-order valence-corrected chi connectivity index (χ4v) is 2.14. The maximum atomic E-state index is 11.2. The summed E-state index contributed by atoms with van der Waals surface area (Å²) in [6.45, 7) is 7.46. The van der Waals surface area contributed by atoms with Gasteiger partial charge < -0.3 is 5.32 Å². The molecule has 0 aromatic heterocycles. The molecule has 0 fully saturated rings. The molecule has 4 heteroatoms. The smallest absolute Gasteiger partial charge is 0.280 e. The molecule has 0 atom stereocenters. The number of nitrogens with zero attached hydrogens (tertiary/aromatic N) is 1. The lowest BCUT2D eigenvalue weighted by Gasteiger charge is -2.15. The van der Waals surface area contributed by atoms with Gasteiger partial charge in [-0.25, -0.2) is 0 Å². The molecule has 92 valence electrons. The van der Waals surface area contributed by atoms with Crippen LogP contribution >= 0.6 is 0 Å². The van der Waals surface area contributed by atoms with Crippen LogP contribution in [-0.2, 0) is 0 Å². The van der Waals surface area contributed by atoms with E-state index in [-0.39, 0.29) is 10.6 Å². The topological polar surface area (TPSA) is 55.2 Å². The van der Waals surface area contributed by atoms with Crippen LogP contribution in [0.5, 0.6) is 0 Å². The number of benzene rings is 1. The van der Waals surface area contributed by atoms with Crippen molar-refractivity contribution in [2.75, 3.05) is 12.4 Å². The number of anilines is 1. The van der Waals surface area contributed by atoms with Crippen molar-refractivity contribution in [1.29, 1.82) is 0 Å². The number of nitro groups is 1. The number of rotatable bonds is 3. The van der Waals surface area contributed by atoms with Gasteiger partial charge in [-0.1, -0.05) is 12.2 Å². The number of nitro benzene ring substituents is 1. The molecule has 0 spiro atoms. The minimum Gasteiger partial charge on any atom is -0.388 e. The quantitative estimate of drug-likeness (QED) is 0.642. The lowest BCUT2D eigenvalue weighted by atomic mass is 9.95. The second kappa shape index (κ2) is 4.99. The third-order valence-corrected chi connectivity index (χ3v) is 3.09. The number of allylic oxidation sites excluding steroid dienone is 1. The summed E-state index contributed by atoms with van der Waals surface area (Å²) in [5, 5.41) is 14.3. The highest BCUT2D eigenvalue weighted by atomic mass is 16.6. The molecule has 1 N–H and O–H groups in total. The molecule has 0 heterocycles. The Hall–Kier alpha value is -1.84. The molecule has 0 saturated heterocycles. The Balaban J connectivity index is 3.76. The molecular formula is C13H18N2O2. The summed E-state index contributed by atoms with van der Waals surface area (Å²) in [5.74, 6) is 0. The van der Waals surface area contributed by atoms with E-state index in [2.05, 4.69) is 5.32 Å². The Kier molecular flexibility index (Phi) is 3.89. The van der Waals surface area contributed by atoms with Gasteiger partial charge in [0.25, 0.3) is 5.69 Å². The van der Waals surface area contributed by atoms with Crippen LogP contribution in [-0.4, -0.2) is 12.0 Å². The van der Waals surface area contributed by atoms with Crippen molar-refractivity contribution in [1.82, 2.24) is 0 Å². The average molecular weight is 234 g/mol. The van der Waals surface area contributed by atoms with Crippen molar-refractivity contribution in [2.24, 2.45) is 0 Å². The summed E-state index contributed by atoms with van der Waals surface area (Å²) < 4.78 is 0. The van der Waals surface area contributed by atoms with Gasteiger partial charge in [-0.15, -0.1) is 0 Å². The molecule has 0 amide bonds. The van der Waals surface area contributed by atoms with Gasteiger partial charge in [-0.2, -0.15) is 0 Å². The number of hydrogen-bond donors (Lipinski definition) is 1. The highest BCUT2D eigenvalue weighted by molar-refractivity contribution is 5.77. The largest absolute Gasteiger partial charge is 0.388 e. The zero-order valence-electron chi connectivity index (χ0n) is 10.9. The number of hydrogen-bond acceptors (Lipinski definition) is 3. The van der Waals surface area contributed by atoms with Crippen LogP contribution in [0.15, 0.2) is 6.08 Å². The average Bonchev–Trinajstić information content (AvgIpc) is 2.26. The van der Waals surface area contributed by atoms with E-state index in [4.69, 9.17) is 0 Å². The fourth-order valence-electron chi connectivity index (χ4n) is 2.14. The van der Waals surface area contributed by atoms with E-state index in [1.807, 2.05) is 33.9 Å². The molecule has 4 nitrogen and oxygen atoms in total. The summed E-state index contributed by atoms with van der Waals surface area (Å²) in [4.78, 5) is 10.9. The molecule has 0 aliphatic heterocycles. The first-order valence-electron chi connectivity index (χ1n) is 5.54. The van der Waals surface area contributed by atoms with E-state index in [0.717, 1.165) is 22.4 Å². The van der Waals surface area contributed by atoms with Crippen molar-refractivity contribution < 1.29 is 4.92 Å². The summed E-state index contributed by atoms with van der Waals surface area (Å²) >= 11 is 0. The zero-order valence-corrected chi connectivity index (χ0v) is 10.9. The van der Waals surface area contributed by atoms with Crippen molar-refractivity contribution in [3.05, 3.63) is 38.4 Å². The van der Waals surface area contributed by atoms with Crippen LogP contribution < -0.4 is 5.32 Å². The third-order valence-electron chi connectivity index (χ3n) is 3.09. The molecule has 0 bridgehead atoms. The Morgan fingerprint density at radius 2 is 1.76 bits per heavy atom. The van der Waals surface area contributed by atoms with Crippen molar-refractivity contribution >= 4 is 17.5 Å². The van der Waals surface area contributed by atoms with Gasteiger partial charge in [0.15, 0.2) is 0 Å². The Morgan fingerprint density at radius 3 is 2.18 bits per heavy atom. The molecule has 0 radical (unpaired) electrons. The van der Waals surface area contributed by atoms with E-state index in [0.29, 0.717) is 5.56 Å². The molecule has 1 aromatic carbocycles. The predicted octanol–water partition coefficient (Wildman–Crippen LogP) is 3.59. The molecule has 17 heavy (non-hydrogen) atoms. The fraction of sp³-hybridized carbons (Fsp3) is 0.385. The maximum absolute atomic E-state index is 11.2. The molecule has 1 rings (SSSR count). The van der Waals surface area contributed by atoms with Gasteiger partial charge in [0.2, 0.25) is 0 Å². The van der Waals surface area contributed by atoms with E-state index >= 15 is 0 Å². The second-order valence-electron chi connectivity index (χ2n) is 4.02. The lowest BCUT2D eigenvalue weighted by Crippen LogP contribution is -2.05. The van der Waals surface area contributed by atoms with Crippen molar-refractivity contribution in [3.8, 4) is 0 Å². The van der Waals surface area contributed by atoms with E-state index in [9.17, 15) is 10.1 Å². The van der Waals surface area contributed by atoms with E-state index in [1.165, 1.54) is 0 Å². The number of nitrogens with one attached hydrogen (secondary N) is 1. The second-order valence-corrected chi connectivity index (χ2v) is 4.02. The zero-order chi connectivity index (χ0) is 13.2. The van der Waals surface area contributed by atoms with Gasteiger partial charge in [0.05, 0.1) is 10.5 Å². The normalized spacial score (nSPS) is 10.9. The summed E-state index contributed by atoms with van der Waals surface area (Å²) in [7, 11) is 1.83. The van der Waals surface area contributed by atoms with Crippen LogP contribution in [0.1, 0.15) is 29.2 Å². The van der Waals surface area contributed by atoms with Crippen LogP contribution in [0.3, 0.4) is 0 Å². The van der Waals surface area contributed by atoms with Crippen LogP contribution in [0.25, 0.3) is 6.08 Å². The third kappa shape index (κ3) is 2.16. The summed E-state index contributed by atoms with van der Waals surface area (Å²) in [6.07, 6.45) is 3.62. The molecule has 1 aromatic rings. The maximum Gasteiger partial charge on any atom is 0.280 e. The van der Waals surface area contributed by atoms with Crippen molar-refractivity contribution in [3.63, 3.8) is 0 Å². The van der Waals surface area contributed by atoms with Gasteiger partial charge in [0, 0.05) is 18.3 Å². The van der Waals surface area contributed by atoms with Gasteiger partial charge in [-0.05, 0) is 38.8 Å². The molecule has 0 aliphatic carbocycles. The van der Waals surface area contributed by atoms with E-state index < -0.39 is 0 Å². The first kappa shape index (κ1) is 13.2. The first-order valence-corrected chi connectivity index (χ1v) is 5.54. The van der Waals surface area contributed by atoms with Gasteiger partial charge in [-0.3, -0.25) is 10.1 Å². The van der Waals surface area contributed by atoms with Crippen LogP contribution in [0.2, 0.25) is 0 Å². The van der Waals surface area contributed by atoms with Crippen molar-refractivity contribution in [2.45, 2.75) is 27.7 Å². The highest BCUT2D eigenvalue weighted by Crippen LogP contribution is 2.36. The Morgan fingerprint density at radius 1 is 1.18 bits per heavy atom. The standard InChI is InChI=1S/C13H18N2O2/c1-6-7-11-10(4)12(14-5)8(2)9(3)13(11)15(16)17/h6-7,14H,1-5H3/b7-6+. The molecule has 0 aliphatic rings. The van der Waals surface area contributed by atoms with E-state index in [1.54, 1.807) is 13.0 Å². The molecule has 0 unspecified atom stereocenters. The SMILES string of the molecule is C/C=C/c1c(C)c(NC)c(C)c(C)c1[N+](=O)[O-]. The predicted molar refractivity (Wildman–Crippen MR) is 71.6 cm³/mol. The summed E-state index contributed by atoms with van der Waals surface area (Å²) in [5.41, 5.74) is 4.44. The minimum atomic E-state index is -0.301. The highest BCUT2D eigenvalue weighted by Gasteiger charge is 2.22.